The van der Waals surface area contributed by atoms with Gasteiger partial charge in [0.15, 0.2) is 15.4 Å². The van der Waals surface area contributed by atoms with Crippen molar-refractivity contribution in [2.75, 3.05) is 18.7 Å². The Hall–Kier alpha value is -3.07. The molecule has 1 heterocycles. The number of carbonyl (C=O) groups excluding carboxylic acids is 1. The molecule has 3 rings (SSSR count). The number of aromatic nitrogens is 1. The zero-order valence-corrected chi connectivity index (χ0v) is 15.1. The molecule has 2 aromatic carbocycles. The van der Waals surface area contributed by atoms with Gasteiger partial charge in [-0.2, -0.15) is 0 Å². The zero-order valence-electron chi connectivity index (χ0n) is 14.3. The summed E-state index contributed by atoms with van der Waals surface area (Å²) in [6, 6.07) is 8.91. The molecule has 0 atom stereocenters. The number of methoxy groups -OCH3 is 1. The SMILES string of the molecule is COc1ccc(C(=O)Nc2ccc3oc(=O)n(C)c3c2)cc1S(C)(=O)=O. The maximum Gasteiger partial charge on any atom is 0.419 e. The smallest absolute Gasteiger partial charge is 0.419 e. The molecular formula is C17H16N2O6S. The average molecular weight is 376 g/mol. The number of aryl methyl sites for hydroxylation is 1. The fourth-order valence-corrected chi connectivity index (χ4v) is 3.37. The summed E-state index contributed by atoms with van der Waals surface area (Å²) in [5.41, 5.74) is 1.53. The molecule has 9 heteroatoms. The Morgan fingerprint density at radius 2 is 1.92 bits per heavy atom. The number of benzene rings is 2. The quantitative estimate of drug-likeness (QED) is 0.744. The molecule has 1 amide bonds. The van der Waals surface area contributed by atoms with Gasteiger partial charge < -0.3 is 14.5 Å². The number of ether oxygens (including phenoxy) is 1. The topological polar surface area (TPSA) is 108 Å². The number of oxazole rings is 1. The van der Waals surface area contributed by atoms with Crippen LogP contribution >= 0.6 is 0 Å². The van der Waals surface area contributed by atoms with E-state index in [0.717, 1.165) is 6.26 Å². The highest BCUT2D eigenvalue weighted by Gasteiger charge is 2.18. The Morgan fingerprint density at radius 1 is 1.19 bits per heavy atom. The molecule has 0 fully saturated rings. The molecule has 0 saturated heterocycles. The lowest BCUT2D eigenvalue weighted by atomic mass is 10.2. The van der Waals surface area contributed by atoms with Crippen LogP contribution in [-0.2, 0) is 16.9 Å². The van der Waals surface area contributed by atoms with E-state index in [9.17, 15) is 18.0 Å². The van der Waals surface area contributed by atoms with Crippen LogP contribution in [0.2, 0.25) is 0 Å². The summed E-state index contributed by atoms with van der Waals surface area (Å²) in [6.07, 6.45) is 1.04. The number of hydrogen-bond donors (Lipinski definition) is 1. The molecule has 1 aromatic heterocycles. The highest BCUT2D eigenvalue weighted by molar-refractivity contribution is 7.90. The number of nitrogens with one attached hydrogen (secondary N) is 1. The van der Waals surface area contributed by atoms with Gasteiger partial charge in [-0.3, -0.25) is 9.36 Å². The number of hydrogen-bond acceptors (Lipinski definition) is 6. The molecule has 26 heavy (non-hydrogen) atoms. The lowest BCUT2D eigenvalue weighted by molar-refractivity contribution is 0.102. The Balaban J connectivity index is 1.95. The standard InChI is InChI=1S/C17H16N2O6S/c1-19-12-9-11(5-7-13(12)25-17(19)21)18-16(20)10-4-6-14(24-2)15(8-10)26(3,22)23/h4-9H,1-3H3,(H,18,20). The third-order valence-electron chi connectivity index (χ3n) is 3.87. The summed E-state index contributed by atoms with van der Waals surface area (Å²) >= 11 is 0. The van der Waals surface area contributed by atoms with Gasteiger partial charge in [0.1, 0.15) is 10.6 Å². The van der Waals surface area contributed by atoms with Crippen molar-refractivity contribution in [2.24, 2.45) is 7.05 Å². The van der Waals surface area contributed by atoms with Gasteiger partial charge in [0, 0.05) is 24.6 Å². The first-order valence-electron chi connectivity index (χ1n) is 7.50. The fraction of sp³-hybridized carbons (Fsp3) is 0.176. The Kier molecular flexibility index (Phi) is 4.33. The van der Waals surface area contributed by atoms with Gasteiger partial charge in [0.05, 0.1) is 12.6 Å². The van der Waals surface area contributed by atoms with E-state index in [4.69, 9.17) is 9.15 Å². The number of amides is 1. The normalized spacial score (nSPS) is 11.5. The van der Waals surface area contributed by atoms with Crippen molar-refractivity contribution < 1.29 is 22.4 Å². The second-order valence-corrected chi connectivity index (χ2v) is 7.69. The molecule has 3 aromatic rings. The molecule has 0 radical (unpaired) electrons. The molecular weight excluding hydrogens is 360 g/mol. The van der Waals surface area contributed by atoms with Gasteiger partial charge in [-0.05, 0) is 36.4 Å². The molecule has 1 N–H and O–H groups in total. The Morgan fingerprint density at radius 3 is 2.58 bits per heavy atom. The summed E-state index contributed by atoms with van der Waals surface area (Å²) in [4.78, 5) is 23.9. The van der Waals surface area contributed by atoms with Gasteiger partial charge in [-0.25, -0.2) is 13.2 Å². The number of anilines is 1. The van der Waals surface area contributed by atoms with Crippen LogP contribution in [0, 0.1) is 0 Å². The molecule has 0 aliphatic heterocycles. The van der Waals surface area contributed by atoms with E-state index in [1.54, 1.807) is 25.2 Å². The van der Waals surface area contributed by atoms with Crippen molar-refractivity contribution in [1.82, 2.24) is 4.57 Å². The lowest BCUT2D eigenvalue weighted by Crippen LogP contribution is -2.13. The minimum Gasteiger partial charge on any atom is -0.495 e. The van der Waals surface area contributed by atoms with Crippen LogP contribution < -0.4 is 15.8 Å². The van der Waals surface area contributed by atoms with Crippen LogP contribution in [0.15, 0.2) is 50.5 Å². The summed E-state index contributed by atoms with van der Waals surface area (Å²) in [7, 11) is -0.649. The third-order valence-corrected chi connectivity index (χ3v) is 4.99. The molecule has 8 nitrogen and oxygen atoms in total. The number of sulfone groups is 1. The van der Waals surface area contributed by atoms with Crippen LogP contribution in [0.4, 0.5) is 5.69 Å². The van der Waals surface area contributed by atoms with E-state index in [2.05, 4.69) is 5.32 Å². The molecule has 0 bridgehead atoms. The predicted molar refractivity (Wildman–Crippen MR) is 95.5 cm³/mol. The first-order valence-corrected chi connectivity index (χ1v) is 9.39. The van der Waals surface area contributed by atoms with Crippen molar-refractivity contribution in [3.8, 4) is 5.75 Å². The van der Waals surface area contributed by atoms with Gasteiger partial charge in [0.25, 0.3) is 5.91 Å². The van der Waals surface area contributed by atoms with Crippen molar-refractivity contribution >= 4 is 32.5 Å². The number of carbonyl (C=O) groups is 1. The second kappa shape index (κ2) is 6.34. The van der Waals surface area contributed by atoms with Gasteiger partial charge in [-0.15, -0.1) is 0 Å². The van der Waals surface area contributed by atoms with E-state index in [0.29, 0.717) is 16.8 Å². The molecule has 0 aliphatic carbocycles. The maximum atomic E-state index is 12.5. The lowest BCUT2D eigenvalue weighted by Gasteiger charge is -2.10. The van der Waals surface area contributed by atoms with E-state index in [1.165, 1.54) is 29.9 Å². The summed E-state index contributed by atoms with van der Waals surface area (Å²) in [6.45, 7) is 0. The fourth-order valence-electron chi connectivity index (χ4n) is 2.52. The Labute approximate surface area is 148 Å². The highest BCUT2D eigenvalue weighted by Crippen LogP contribution is 2.25. The minimum absolute atomic E-state index is 0.0691. The number of rotatable bonds is 4. The van der Waals surface area contributed by atoms with Crippen LogP contribution in [-0.4, -0.2) is 32.3 Å². The van der Waals surface area contributed by atoms with Crippen LogP contribution in [0.1, 0.15) is 10.4 Å². The number of fused-ring (bicyclic) bond motifs is 1. The largest absolute Gasteiger partial charge is 0.495 e. The minimum atomic E-state index is -3.56. The van der Waals surface area contributed by atoms with Crippen molar-refractivity contribution in [3.05, 3.63) is 52.5 Å². The number of nitrogens with zero attached hydrogens (tertiary/aromatic N) is 1. The Bertz CT molecular complexity index is 1170. The third kappa shape index (κ3) is 3.21. The van der Waals surface area contributed by atoms with Crippen LogP contribution in [0.3, 0.4) is 0 Å². The predicted octanol–water partition coefficient (Wildman–Crippen LogP) is 1.80. The summed E-state index contributed by atoms with van der Waals surface area (Å²) in [5.74, 6) is -0.833. The van der Waals surface area contributed by atoms with Gasteiger partial charge in [-0.1, -0.05) is 0 Å². The van der Waals surface area contributed by atoms with Crippen molar-refractivity contribution in [1.29, 1.82) is 0 Å². The van der Waals surface area contributed by atoms with Crippen molar-refractivity contribution in [2.45, 2.75) is 4.90 Å². The van der Waals surface area contributed by atoms with Crippen LogP contribution in [0.25, 0.3) is 11.1 Å². The highest BCUT2D eigenvalue weighted by atomic mass is 32.2. The molecule has 136 valence electrons. The molecule has 0 aliphatic rings. The molecule has 0 saturated carbocycles. The second-order valence-electron chi connectivity index (χ2n) is 5.70. The average Bonchev–Trinajstić information content (AvgIpc) is 2.88. The van der Waals surface area contributed by atoms with Gasteiger partial charge >= 0.3 is 5.76 Å². The van der Waals surface area contributed by atoms with Crippen LogP contribution in [0.5, 0.6) is 5.75 Å². The summed E-state index contributed by atoms with van der Waals surface area (Å²) < 4.78 is 35.1. The monoisotopic (exact) mass is 376 g/mol. The van der Waals surface area contributed by atoms with E-state index in [1.807, 2.05) is 0 Å². The van der Waals surface area contributed by atoms with E-state index < -0.39 is 21.5 Å². The summed E-state index contributed by atoms with van der Waals surface area (Å²) in [5, 5.41) is 2.67. The molecule has 0 unspecified atom stereocenters. The van der Waals surface area contributed by atoms with Crippen molar-refractivity contribution in [3.63, 3.8) is 0 Å². The zero-order chi connectivity index (χ0) is 19.1. The van der Waals surface area contributed by atoms with Gasteiger partial charge in [0.2, 0.25) is 0 Å². The first-order chi connectivity index (χ1) is 12.2. The van der Waals surface area contributed by atoms with E-state index in [-0.39, 0.29) is 16.2 Å². The maximum absolute atomic E-state index is 12.5. The first kappa shape index (κ1) is 17.7. The van der Waals surface area contributed by atoms with E-state index >= 15 is 0 Å². The molecule has 0 spiro atoms.